The fraction of sp³-hybridized carbons (Fsp3) is 0.0588. The zero-order valence-corrected chi connectivity index (χ0v) is 26.9. The fourth-order valence-corrected chi connectivity index (χ4v) is 5.56. The minimum atomic E-state index is -0.378. The Balaban J connectivity index is 0.000000172. The predicted octanol–water partition coefficient (Wildman–Crippen LogP) is 7.27. The van der Waals surface area contributed by atoms with Crippen LogP contribution < -0.4 is 4.90 Å². The van der Waals surface area contributed by atoms with Gasteiger partial charge in [0.1, 0.15) is 23.0 Å². The summed E-state index contributed by atoms with van der Waals surface area (Å²) in [4.78, 5) is 2.06. The van der Waals surface area contributed by atoms with Crippen molar-refractivity contribution in [3.05, 3.63) is 137 Å². The van der Waals surface area contributed by atoms with Gasteiger partial charge in [-0.1, -0.05) is 84.9 Å². The van der Waals surface area contributed by atoms with Gasteiger partial charge in [0.05, 0.1) is 0 Å². The molecule has 7 aromatic rings. The highest BCUT2D eigenvalue weighted by molar-refractivity contribution is 14.1. The van der Waals surface area contributed by atoms with Crippen LogP contribution in [0.4, 0.5) is 14.5 Å². The molecular formula is C34H26F2IN9. The number of benzene rings is 5. The Hall–Kier alpha value is -5.37. The molecule has 2 aromatic heterocycles. The zero-order valence-electron chi connectivity index (χ0n) is 24.7. The lowest BCUT2D eigenvalue weighted by Crippen LogP contribution is -2.10. The monoisotopic (exact) mass is 725 g/mol. The molecule has 7 rings (SSSR count). The molecule has 0 aliphatic heterocycles. The number of nitrogens with zero attached hydrogens (tertiary/aromatic N) is 9. The molecule has 0 atom stereocenters. The standard InChI is InChI=1S/C21H18FN5.C13H8FIN4/c1-26(2)19-13-7-5-10-16(19)15-9-3-4-11-17(15)21-23-24-25-27(21)20-14-8-6-12-18(20)22;14-10-6-2-4-8-12(10)19-13(16-17-18-19)9-5-1-3-7-11(9)15/h3-14H,1-2H3;1-8H. The number of hydrogen-bond donors (Lipinski definition) is 0. The average molecular weight is 726 g/mol. The van der Waals surface area contributed by atoms with E-state index in [0.29, 0.717) is 23.0 Å². The summed E-state index contributed by atoms with van der Waals surface area (Å²) in [5.74, 6) is 0.276. The van der Waals surface area contributed by atoms with Gasteiger partial charge < -0.3 is 4.90 Å². The molecule has 5 aromatic carbocycles. The van der Waals surface area contributed by atoms with Crippen molar-refractivity contribution in [1.82, 2.24) is 40.4 Å². The second-order valence-corrected chi connectivity index (χ2v) is 11.3. The van der Waals surface area contributed by atoms with Gasteiger partial charge in [-0.25, -0.2) is 8.78 Å². The Bertz CT molecular complexity index is 2050. The molecule has 0 fully saturated rings. The van der Waals surface area contributed by atoms with Crippen molar-refractivity contribution >= 4 is 28.3 Å². The zero-order chi connectivity index (χ0) is 32.0. The van der Waals surface area contributed by atoms with Crippen LogP contribution in [0.2, 0.25) is 0 Å². The van der Waals surface area contributed by atoms with Crippen LogP contribution in [-0.4, -0.2) is 54.5 Å². The Labute approximate surface area is 277 Å². The summed E-state index contributed by atoms with van der Waals surface area (Å²) >= 11 is 2.20. The Kier molecular flexibility index (Phi) is 9.15. The molecule has 0 aliphatic rings. The summed E-state index contributed by atoms with van der Waals surface area (Å²) in [6, 6.07) is 36.6. The van der Waals surface area contributed by atoms with Crippen molar-refractivity contribution in [3.63, 3.8) is 0 Å². The maximum Gasteiger partial charge on any atom is 0.188 e. The van der Waals surface area contributed by atoms with E-state index in [-0.39, 0.29) is 11.6 Å². The predicted molar refractivity (Wildman–Crippen MR) is 182 cm³/mol. The lowest BCUT2D eigenvalue weighted by atomic mass is 9.97. The summed E-state index contributed by atoms with van der Waals surface area (Å²) in [5.41, 5.74) is 5.47. The fourth-order valence-electron chi connectivity index (χ4n) is 4.93. The van der Waals surface area contributed by atoms with Gasteiger partial charge in [0.15, 0.2) is 11.6 Å². The minimum absolute atomic E-state index is 0.313. The third-order valence-corrected chi connectivity index (χ3v) is 8.00. The van der Waals surface area contributed by atoms with Crippen LogP contribution in [-0.2, 0) is 0 Å². The van der Waals surface area contributed by atoms with Crippen LogP contribution in [0.15, 0.2) is 121 Å². The van der Waals surface area contributed by atoms with E-state index in [1.54, 1.807) is 36.4 Å². The molecule has 0 saturated heterocycles. The van der Waals surface area contributed by atoms with E-state index in [9.17, 15) is 8.78 Å². The van der Waals surface area contributed by atoms with Crippen LogP contribution in [0.25, 0.3) is 45.3 Å². The first-order chi connectivity index (χ1) is 22.4. The molecule has 9 nitrogen and oxygen atoms in total. The molecule has 12 heteroatoms. The first-order valence-electron chi connectivity index (χ1n) is 14.1. The van der Waals surface area contributed by atoms with Gasteiger partial charge in [0.2, 0.25) is 0 Å². The van der Waals surface area contributed by atoms with E-state index in [1.807, 2.05) is 74.8 Å². The molecule has 228 valence electrons. The van der Waals surface area contributed by atoms with E-state index >= 15 is 0 Å². The molecule has 0 bridgehead atoms. The highest BCUT2D eigenvalue weighted by Crippen LogP contribution is 2.36. The molecule has 46 heavy (non-hydrogen) atoms. The lowest BCUT2D eigenvalue weighted by molar-refractivity contribution is 0.607. The number of para-hydroxylation sites is 3. The van der Waals surface area contributed by atoms with Crippen molar-refractivity contribution < 1.29 is 8.78 Å². The smallest absolute Gasteiger partial charge is 0.188 e. The lowest BCUT2D eigenvalue weighted by Gasteiger charge is -2.19. The van der Waals surface area contributed by atoms with E-state index in [0.717, 1.165) is 31.5 Å². The van der Waals surface area contributed by atoms with E-state index in [1.165, 1.54) is 21.5 Å². The van der Waals surface area contributed by atoms with Crippen molar-refractivity contribution in [1.29, 1.82) is 0 Å². The van der Waals surface area contributed by atoms with Crippen LogP contribution in [0.1, 0.15) is 0 Å². The minimum Gasteiger partial charge on any atom is -0.377 e. The van der Waals surface area contributed by atoms with E-state index < -0.39 is 0 Å². The van der Waals surface area contributed by atoms with Gasteiger partial charge in [-0.15, -0.1) is 10.2 Å². The highest BCUT2D eigenvalue weighted by Gasteiger charge is 2.19. The first kappa shape index (κ1) is 30.6. The quantitative estimate of drug-likeness (QED) is 0.167. The average Bonchev–Trinajstić information content (AvgIpc) is 3.76. The largest absolute Gasteiger partial charge is 0.377 e. The Morgan fingerprint density at radius 2 is 0.957 bits per heavy atom. The number of hydrogen-bond acceptors (Lipinski definition) is 7. The van der Waals surface area contributed by atoms with Crippen molar-refractivity contribution in [2.75, 3.05) is 19.0 Å². The topological polar surface area (TPSA) is 90.4 Å². The molecule has 0 aliphatic carbocycles. The van der Waals surface area contributed by atoms with E-state index in [4.69, 9.17) is 0 Å². The first-order valence-corrected chi connectivity index (χ1v) is 15.2. The summed E-state index contributed by atoms with van der Waals surface area (Å²) in [5, 5.41) is 23.5. The van der Waals surface area contributed by atoms with Gasteiger partial charge in [-0.2, -0.15) is 9.36 Å². The van der Waals surface area contributed by atoms with Crippen LogP contribution in [0, 0.1) is 15.2 Å². The Morgan fingerprint density at radius 1 is 0.522 bits per heavy atom. The van der Waals surface area contributed by atoms with Crippen LogP contribution >= 0.6 is 22.6 Å². The van der Waals surface area contributed by atoms with Crippen LogP contribution in [0.3, 0.4) is 0 Å². The second kappa shape index (κ2) is 13.7. The maximum absolute atomic E-state index is 14.3. The summed E-state index contributed by atoms with van der Waals surface area (Å²) < 4.78 is 32.0. The third-order valence-electron chi connectivity index (χ3n) is 7.06. The maximum atomic E-state index is 14.3. The van der Waals surface area contributed by atoms with Crippen LogP contribution in [0.5, 0.6) is 0 Å². The van der Waals surface area contributed by atoms with Gasteiger partial charge in [0.25, 0.3) is 0 Å². The van der Waals surface area contributed by atoms with E-state index in [2.05, 4.69) is 70.7 Å². The number of anilines is 1. The second-order valence-electron chi connectivity index (χ2n) is 10.2. The number of rotatable bonds is 6. The SMILES string of the molecule is CN(C)c1ccccc1-c1ccccc1-c1nnnn1-c1ccccc1F.Fc1ccccc1-n1nnnc1-c1ccccc1I. The van der Waals surface area contributed by atoms with Crippen molar-refractivity contribution in [2.24, 2.45) is 0 Å². The highest BCUT2D eigenvalue weighted by atomic mass is 127. The van der Waals surface area contributed by atoms with Gasteiger partial charge in [-0.3, -0.25) is 0 Å². The molecule has 0 amide bonds. The molecule has 0 N–H and O–H groups in total. The number of halogens is 3. The number of aromatic nitrogens is 8. The van der Waals surface area contributed by atoms with Crippen molar-refractivity contribution in [2.45, 2.75) is 0 Å². The summed E-state index contributed by atoms with van der Waals surface area (Å²) in [7, 11) is 4.01. The molecule has 0 radical (unpaired) electrons. The summed E-state index contributed by atoms with van der Waals surface area (Å²) in [6.45, 7) is 0. The van der Waals surface area contributed by atoms with Gasteiger partial charge >= 0.3 is 0 Å². The van der Waals surface area contributed by atoms with Crippen molar-refractivity contribution in [3.8, 4) is 45.3 Å². The molecule has 0 spiro atoms. The van der Waals surface area contributed by atoms with Gasteiger partial charge in [-0.05, 0) is 85.4 Å². The third kappa shape index (κ3) is 6.24. The Morgan fingerprint density at radius 3 is 1.50 bits per heavy atom. The molecule has 0 saturated carbocycles. The normalized spacial score (nSPS) is 10.7. The molecule has 0 unspecified atom stereocenters. The summed E-state index contributed by atoms with van der Waals surface area (Å²) in [6.07, 6.45) is 0. The number of tetrazole rings is 2. The molecular weight excluding hydrogens is 699 g/mol. The van der Waals surface area contributed by atoms with Gasteiger partial charge in [0, 0.05) is 40.0 Å². The molecule has 2 heterocycles.